The maximum atomic E-state index is 9.84. The third-order valence-corrected chi connectivity index (χ3v) is 4.09. The quantitative estimate of drug-likeness (QED) is 0.803. The second-order valence-electron chi connectivity index (χ2n) is 4.66. The Morgan fingerprint density at radius 2 is 1.95 bits per heavy atom. The second kappa shape index (κ2) is 5.59. The molecule has 1 aromatic heterocycles. The molecular formula is C14H18N2O2S. The number of hydrogen-bond acceptors (Lipinski definition) is 5. The number of nitrogens with zero attached hydrogens (tertiary/aromatic N) is 1. The lowest BCUT2D eigenvalue weighted by molar-refractivity contribution is 0.427. The van der Waals surface area contributed by atoms with Crippen LogP contribution in [0.2, 0.25) is 0 Å². The van der Waals surface area contributed by atoms with Gasteiger partial charge in [-0.3, -0.25) is 0 Å². The van der Waals surface area contributed by atoms with Crippen molar-refractivity contribution in [1.29, 1.82) is 0 Å². The van der Waals surface area contributed by atoms with Crippen molar-refractivity contribution in [2.24, 2.45) is 0 Å². The molecule has 5 heteroatoms. The number of thiazole rings is 1. The number of hydrogen-bond donors (Lipinski definition) is 3. The smallest absolute Gasteiger partial charge is 0.124 e. The van der Waals surface area contributed by atoms with Crippen LogP contribution in [0.1, 0.15) is 41.4 Å². The third kappa shape index (κ3) is 3.24. The second-order valence-corrected chi connectivity index (χ2v) is 5.93. The summed E-state index contributed by atoms with van der Waals surface area (Å²) in [6.07, 6.45) is 1.86. The first kappa shape index (κ1) is 13.8. The van der Waals surface area contributed by atoms with Crippen molar-refractivity contribution >= 4 is 11.3 Å². The Hall–Kier alpha value is -1.59. The lowest BCUT2D eigenvalue weighted by Gasteiger charge is -2.19. The van der Waals surface area contributed by atoms with E-state index in [-0.39, 0.29) is 23.6 Å². The van der Waals surface area contributed by atoms with E-state index < -0.39 is 0 Å². The molecule has 0 amide bonds. The van der Waals surface area contributed by atoms with Crippen LogP contribution in [0, 0.1) is 6.92 Å². The van der Waals surface area contributed by atoms with Crippen molar-refractivity contribution < 1.29 is 10.2 Å². The number of phenols is 2. The average molecular weight is 278 g/mol. The highest BCUT2D eigenvalue weighted by atomic mass is 32.1. The Bertz CT molecular complexity index is 568. The standard InChI is InChI=1S/C14H18N2O2S/c1-8-7-15-14(19-8)10(3)16-9(2)12-5-4-11(17)6-13(12)18/h4-7,9-10,16-18H,1-3H3. The van der Waals surface area contributed by atoms with Crippen molar-refractivity contribution in [3.8, 4) is 11.5 Å². The minimum atomic E-state index is -0.0280. The highest BCUT2D eigenvalue weighted by molar-refractivity contribution is 7.11. The van der Waals surface area contributed by atoms with Crippen molar-refractivity contribution in [3.63, 3.8) is 0 Å². The van der Waals surface area contributed by atoms with Gasteiger partial charge in [-0.2, -0.15) is 0 Å². The van der Waals surface area contributed by atoms with Crippen molar-refractivity contribution in [2.75, 3.05) is 0 Å². The van der Waals surface area contributed by atoms with Crippen LogP contribution in [0.3, 0.4) is 0 Å². The van der Waals surface area contributed by atoms with Gasteiger partial charge in [0.15, 0.2) is 0 Å². The summed E-state index contributed by atoms with van der Waals surface area (Å²) in [4.78, 5) is 5.54. The van der Waals surface area contributed by atoms with Crippen LogP contribution in [-0.4, -0.2) is 15.2 Å². The van der Waals surface area contributed by atoms with E-state index in [9.17, 15) is 10.2 Å². The summed E-state index contributed by atoms with van der Waals surface area (Å²) in [5, 5.41) is 23.6. The lowest BCUT2D eigenvalue weighted by Crippen LogP contribution is -2.22. The number of benzene rings is 1. The summed E-state index contributed by atoms with van der Waals surface area (Å²) in [6.45, 7) is 6.05. The molecule has 0 saturated carbocycles. The van der Waals surface area contributed by atoms with Crippen LogP contribution < -0.4 is 5.32 Å². The molecule has 0 spiro atoms. The Morgan fingerprint density at radius 1 is 1.21 bits per heavy atom. The fourth-order valence-corrected chi connectivity index (χ4v) is 2.79. The molecular weight excluding hydrogens is 260 g/mol. The summed E-state index contributed by atoms with van der Waals surface area (Å²) in [7, 11) is 0. The molecule has 0 fully saturated rings. The molecule has 2 atom stereocenters. The lowest BCUT2D eigenvalue weighted by atomic mass is 10.1. The monoisotopic (exact) mass is 278 g/mol. The van der Waals surface area contributed by atoms with E-state index in [1.54, 1.807) is 23.5 Å². The topological polar surface area (TPSA) is 65.4 Å². The van der Waals surface area contributed by atoms with E-state index in [2.05, 4.69) is 10.3 Å². The first-order chi connectivity index (χ1) is 8.97. The maximum absolute atomic E-state index is 9.84. The van der Waals surface area contributed by atoms with Crippen LogP contribution in [0.5, 0.6) is 11.5 Å². The van der Waals surface area contributed by atoms with Crippen molar-refractivity contribution in [2.45, 2.75) is 32.9 Å². The predicted octanol–water partition coefficient (Wildman–Crippen LogP) is 3.27. The fourth-order valence-electron chi connectivity index (χ4n) is 2.01. The molecule has 0 aliphatic heterocycles. The number of rotatable bonds is 4. The zero-order valence-corrected chi connectivity index (χ0v) is 12.0. The molecule has 102 valence electrons. The molecule has 0 saturated heterocycles. The Balaban J connectivity index is 2.10. The van der Waals surface area contributed by atoms with Crippen LogP contribution in [-0.2, 0) is 0 Å². The van der Waals surface area contributed by atoms with E-state index in [0.717, 1.165) is 10.6 Å². The zero-order valence-electron chi connectivity index (χ0n) is 11.2. The van der Waals surface area contributed by atoms with Gasteiger partial charge in [0.25, 0.3) is 0 Å². The maximum Gasteiger partial charge on any atom is 0.124 e. The van der Waals surface area contributed by atoms with E-state index in [1.807, 2.05) is 27.0 Å². The molecule has 0 bridgehead atoms. The van der Waals surface area contributed by atoms with Gasteiger partial charge in [0.05, 0.1) is 6.04 Å². The molecule has 2 aromatic rings. The molecule has 2 rings (SSSR count). The Kier molecular flexibility index (Phi) is 4.07. The minimum absolute atomic E-state index is 0.0280. The van der Waals surface area contributed by atoms with Crippen LogP contribution >= 0.6 is 11.3 Å². The first-order valence-corrected chi connectivity index (χ1v) is 6.99. The molecule has 1 heterocycles. The Labute approximate surface area is 116 Å². The summed E-state index contributed by atoms with van der Waals surface area (Å²) >= 11 is 1.66. The van der Waals surface area contributed by atoms with Gasteiger partial charge in [-0.05, 0) is 26.8 Å². The van der Waals surface area contributed by atoms with Crippen molar-refractivity contribution in [1.82, 2.24) is 10.3 Å². The summed E-state index contributed by atoms with van der Waals surface area (Å²) in [5.74, 6) is 0.166. The summed E-state index contributed by atoms with van der Waals surface area (Å²) in [5.41, 5.74) is 0.762. The van der Waals surface area contributed by atoms with Gasteiger partial charge in [0, 0.05) is 28.7 Å². The number of phenolic OH excluding ortho intramolecular Hbond substituents is 2. The summed E-state index contributed by atoms with van der Waals surface area (Å²) in [6, 6.07) is 4.74. The highest BCUT2D eigenvalue weighted by Crippen LogP contribution is 2.30. The minimum Gasteiger partial charge on any atom is -0.508 e. The zero-order chi connectivity index (χ0) is 14.0. The van der Waals surface area contributed by atoms with E-state index in [1.165, 1.54) is 10.9 Å². The van der Waals surface area contributed by atoms with E-state index >= 15 is 0 Å². The molecule has 4 nitrogen and oxygen atoms in total. The van der Waals surface area contributed by atoms with Crippen molar-refractivity contribution in [3.05, 3.63) is 39.8 Å². The molecule has 0 aliphatic rings. The number of aromatic hydroxyl groups is 2. The molecule has 0 radical (unpaired) electrons. The molecule has 3 N–H and O–H groups in total. The van der Waals surface area contributed by atoms with Gasteiger partial charge in [-0.15, -0.1) is 11.3 Å². The first-order valence-electron chi connectivity index (χ1n) is 6.17. The predicted molar refractivity (Wildman–Crippen MR) is 76.6 cm³/mol. The average Bonchev–Trinajstić information content (AvgIpc) is 2.75. The fraction of sp³-hybridized carbons (Fsp3) is 0.357. The molecule has 2 unspecified atom stereocenters. The molecule has 19 heavy (non-hydrogen) atoms. The molecule has 0 aliphatic carbocycles. The van der Waals surface area contributed by atoms with Crippen LogP contribution in [0.15, 0.2) is 24.4 Å². The van der Waals surface area contributed by atoms with Gasteiger partial charge in [0.2, 0.25) is 0 Å². The number of aromatic nitrogens is 1. The number of nitrogens with one attached hydrogen (secondary N) is 1. The van der Waals surface area contributed by atoms with Gasteiger partial charge in [-0.25, -0.2) is 4.98 Å². The number of aryl methyl sites for hydroxylation is 1. The normalized spacial score (nSPS) is 14.3. The van der Waals surface area contributed by atoms with Gasteiger partial charge in [-0.1, -0.05) is 6.07 Å². The van der Waals surface area contributed by atoms with Crippen LogP contribution in [0.4, 0.5) is 0 Å². The highest BCUT2D eigenvalue weighted by Gasteiger charge is 2.16. The SMILES string of the molecule is Cc1cnc(C(C)NC(C)c2ccc(O)cc2O)s1. The van der Waals surface area contributed by atoms with E-state index in [0.29, 0.717) is 0 Å². The van der Waals surface area contributed by atoms with Gasteiger partial charge in [0.1, 0.15) is 16.5 Å². The van der Waals surface area contributed by atoms with E-state index in [4.69, 9.17) is 0 Å². The Morgan fingerprint density at radius 3 is 2.53 bits per heavy atom. The molecule has 1 aromatic carbocycles. The summed E-state index contributed by atoms with van der Waals surface area (Å²) < 4.78 is 0. The third-order valence-electron chi connectivity index (χ3n) is 2.99. The largest absolute Gasteiger partial charge is 0.508 e. The van der Waals surface area contributed by atoms with Gasteiger partial charge < -0.3 is 15.5 Å². The van der Waals surface area contributed by atoms with Crippen LogP contribution in [0.25, 0.3) is 0 Å². The van der Waals surface area contributed by atoms with Gasteiger partial charge >= 0.3 is 0 Å².